The van der Waals surface area contributed by atoms with Crippen LogP contribution in [-0.4, -0.2) is 30.3 Å². The largest absolute Gasteiger partial charge is 0.435 e. The summed E-state index contributed by atoms with van der Waals surface area (Å²) >= 11 is 0. The molecule has 0 spiro atoms. The monoisotopic (exact) mass is 273 g/mol. The number of rotatable bonds is 7. The maximum absolute atomic E-state index is 12.0. The number of hydrogen-bond acceptors (Lipinski definition) is 3. The van der Waals surface area contributed by atoms with Gasteiger partial charge in [0.15, 0.2) is 0 Å². The molecule has 0 saturated carbocycles. The molecule has 0 fully saturated rings. The van der Waals surface area contributed by atoms with Gasteiger partial charge in [0.05, 0.1) is 6.10 Å². The van der Waals surface area contributed by atoms with E-state index in [1.54, 1.807) is 6.92 Å². The number of benzene rings is 1. The molecule has 0 radical (unpaired) electrons. The lowest BCUT2D eigenvalue weighted by Crippen LogP contribution is -2.25. The van der Waals surface area contributed by atoms with Crippen LogP contribution in [0.3, 0.4) is 0 Å². The van der Waals surface area contributed by atoms with Crippen molar-refractivity contribution in [3.63, 3.8) is 0 Å². The van der Waals surface area contributed by atoms with Gasteiger partial charge in [-0.15, -0.1) is 0 Å². The Morgan fingerprint density at radius 3 is 2.84 bits per heavy atom. The van der Waals surface area contributed by atoms with Crippen molar-refractivity contribution < 1.29 is 23.4 Å². The number of nitrogens with one attached hydrogen (secondary N) is 1. The molecule has 0 heterocycles. The fourth-order valence-corrected chi connectivity index (χ4v) is 1.51. The van der Waals surface area contributed by atoms with E-state index in [4.69, 9.17) is 5.11 Å². The van der Waals surface area contributed by atoms with Gasteiger partial charge in [-0.25, -0.2) is 0 Å². The van der Waals surface area contributed by atoms with E-state index in [2.05, 4.69) is 10.1 Å². The highest BCUT2D eigenvalue weighted by Gasteiger charge is 2.09. The minimum Gasteiger partial charge on any atom is -0.435 e. The second kappa shape index (κ2) is 7.68. The van der Waals surface area contributed by atoms with Crippen LogP contribution in [0.4, 0.5) is 8.78 Å². The molecule has 0 aliphatic heterocycles. The molecule has 1 aromatic rings. The molecule has 0 aliphatic rings. The molecule has 0 aromatic heterocycles. The Hall–Kier alpha value is -1.69. The summed E-state index contributed by atoms with van der Waals surface area (Å²) in [7, 11) is 0. The average molecular weight is 273 g/mol. The molecule has 19 heavy (non-hydrogen) atoms. The van der Waals surface area contributed by atoms with Crippen LogP contribution < -0.4 is 10.1 Å². The quantitative estimate of drug-likeness (QED) is 0.749. The molecule has 2 N–H and O–H groups in total. The molecule has 0 saturated heterocycles. The van der Waals surface area contributed by atoms with Crippen molar-refractivity contribution in [3.8, 4) is 5.75 Å². The Morgan fingerprint density at radius 1 is 1.47 bits per heavy atom. The maximum Gasteiger partial charge on any atom is 0.387 e. The number of halogens is 2. The number of amides is 1. The molecule has 4 nitrogen and oxygen atoms in total. The first-order valence-corrected chi connectivity index (χ1v) is 6.00. The standard InChI is InChI=1S/C13H17F2NO3/c1-9(17)4-3-7-16-12(18)10-5-2-6-11(8-10)19-13(14)15/h2,5-6,8-9,13,17H,3-4,7H2,1H3,(H,16,18). The molecular weight excluding hydrogens is 256 g/mol. The van der Waals surface area contributed by atoms with Crippen LogP contribution in [0.5, 0.6) is 5.75 Å². The Labute approximate surface area is 110 Å². The van der Waals surface area contributed by atoms with E-state index < -0.39 is 12.7 Å². The van der Waals surface area contributed by atoms with Gasteiger partial charge in [-0.3, -0.25) is 4.79 Å². The van der Waals surface area contributed by atoms with Gasteiger partial charge in [-0.2, -0.15) is 8.78 Å². The summed E-state index contributed by atoms with van der Waals surface area (Å²) in [6, 6.07) is 5.61. The zero-order valence-electron chi connectivity index (χ0n) is 10.6. The Balaban J connectivity index is 2.47. The van der Waals surface area contributed by atoms with Crippen molar-refractivity contribution in [2.75, 3.05) is 6.54 Å². The second-order valence-corrected chi connectivity index (χ2v) is 4.15. The van der Waals surface area contributed by atoms with Crippen molar-refractivity contribution in [3.05, 3.63) is 29.8 Å². The zero-order valence-corrected chi connectivity index (χ0v) is 10.6. The minimum absolute atomic E-state index is 0.0494. The van der Waals surface area contributed by atoms with E-state index in [9.17, 15) is 13.6 Å². The lowest BCUT2D eigenvalue weighted by atomic mass is 10.2. The number of carbonyl (C=O) groups excluding carboxylic acids is 1. The highest BCUT2D eigenvalue weighted by atomic mass is 19.3. The van der Waals surface area contributed by atoms with E-state index in [1.807, 2.05) is 0 Å². The van der Waals surface area contributed by atoms with Crippen LogP contribution in [0.25, 0.3) is 0 Å². The van der Waals surface area contributed by atoms with E-state index in [1.165, 1.54) is 24.3 Å². The van der Waals surface area contributed by atoms with Gasteiger partial charge in [0.1, 0.15) is 5.75 Å². The summed E-state index contributed by atoms with van der Waals surface area (Å²) in [5.74, 6) is -0.406. The van der Waals surface area contributed by atoms with E-state index in [0.717, 1.165) is 0 Å². The number of ether oxygens (including phenoxy) is 1. The predicted octanol–water partition coefficient (Wildman–Crippen LogP) is 2.18. The fourth-order valence-electron chi connectivity index (χ4n) is 1.51. The van der Waals surface area contributed by atoms with Gasteiger partial charge in [-0.05, 0) is 38.0 Å². The SMILES string of the molecule is CC(O)CCCNC(=O)c1cccc(OC(F)F)c1. The lowest BCUT2D eigenvalue weighted by Gasteiger charge is -2.08. The van der Waals surface area contributed by atoms with Crippen molar-refractivity contribution in [2.45, 2.75) is 32.5 Å². The Morgan fingerprint density at radius 2 is 2.21 bits per heavy atom. The minimum atomic E-state index is -2.91. The maximum atomic E-state index is 12.0. The van der Waals surface area contributed by atoms with Crippen LogP contribution in [0.15, 0.2) is 24.3 Å². The van der Waals surface area contributed by atoms with Crippen molar-refractivity contribution in [1.82, 2.24) is 5.32 Å². The third-order valence-electron chi connectivity index (χ3n) is 2.41. The number of aliphatic hydroxyl groups excluding tert-OH is 1. The molecule has 106 valence electrons. The third-order valence-corrected chi connectivity index (χ3v) is 2.41. The topological polar surface area (TPSA) is 58.6 Å². The number of carbonyl (C=O) groups is 1. The number of hydrogen-bond donors (Lipinski definition) is 2. The molecule has 0 aliphatic carbocycles. The van der Waals surface area contributed by atoms with Crippen LogP contribution in [0.2, 0.25) is 0 Å². The lowest BCUT2D eigenvalue weighted by molar-refractivity contribution is -0.0498. The highest BCUT2D eigenvalue weighted by molar-refractivity contribution is 5.94. The second-order valence-electron chi connectivity index (χ2n) is 4.15. The molecule has 1 amide bonds. The van der Waals surface area contributed by atoms with Gasteiger partial charge in [-0.1, -0.05) is 6.07 Å². The van der Waals surface area contributed by atoms with Gasteiger partial charge in [0.2, 0.25) is 0 Å². The summed E-state index contributed by atoms with van der Waals surface area (Å²) in [6.45, 7) is -0.819. The predicted molar refractivity (Wildman–Crippen MR) is 66.3 cm³/mol. The van der Waals surface area contributed by atoms with Crippen molar-refractivity contribution in [2.24, 2.45) is 0 Å². The van der Waals surface area contributed by atoms with Gasteiger partial charge >= 0.3 is 6.61 Å². The molecule has 1 atom stereocenters. The first-order chi connectivity index (χ1) is 8.99. The smallest absolute Gasteiger partial charge is 0.387 e. The fraction of sp³-hybridized carbons (Fsp3) is 0.462. The van der Waals surface area contributed by atoms with E-state index >= 15 is 0 Å². The molecule has 1 unspecified atom stereocenters. The number of alkyl halides is 2. The van der Waals surface area contributed by atoms with Crippen LogP contribution in [-0.2, 0) is 0 Å². The van der Waals surface area contributed by atoms with Crippen molar-refractivity contribution >= 4 is 5.91 Å². The first-order valence-electron chi connectivity index (χ1n) is 6.00. The summed E-state index contributed by atoms with van der Waals surface area (Å²) in [5, 5.41) is 11.7. The Bertz CT molecular complexity index is 411. The summed E-state index contributed by atoms with van der Waals surface area (Å²) in [5.41, 5.74) is 0.259. The first kappa shape index (κ1) is 15.4. The summed E-state index contributed by atoms with van der Waals surface area (Å²) in [6.07, 6.45) is 0.838. The van der Waals surface area contributed by atoms with Gasteiger partial charge in [0, 0.05) is 12.1 Å². The van der Waals surface area contributed by atoms with Crippen LogP contribution in [0, 0.1) is 0 Å². The van der Waals surface area contributed by atoms with Gasteiger partial charge in [0.25, 0.3) is 5.91 Å². The number of aliphatic hydroxyl groups is 1. The molecule has 0 bridgehead atoms. The highest BCUT2D eigenvalue weighted by Crippen LogP contribution is 2.15. The third kappa shape index (κ3) is 6.15. The molecule has 1 rings (SSSR count). The molecule has 1 aromatic carbocycles. The van der Waals surface area contributed by atoms with Crippen LogP contribution >= 0.6 is 0 Å². The van der Waals surface area contributed by atoms with Crippen LogP contribution in [0.1, 0.15) is 30.1 Å². The summed E-state index contributed by atoms with van der Waals surface area (Å²) in [4.78, 5) is 11.7. The van der Waals surface area contributed by atoms with E-state index in [-0.39, 0.29) is 17.2 Å². The average Bonchev–Trinajstić information content (AvgIpc) is 2.33. The molecular formula is C13H17F2NO3. The van der Waals surface area contributed by atoms with E-state index in [0.29, 0.717) is 19.4 Å². The van der Waals surface area contributed by atoms with Crippen molar-refractivity contribution in [1.29, 1.82) is 0 Å². The Kier molecular flexibility index (Phi) is 6.21. The molecule has 6 heteroatoms. The van der Waals surface area contributed by atoms with Gasteiger partial charge < -0.3 is 15.2 Å². The summed E-state index contributed by atoms with van der Waals surface area (Å²) < 4.78 is 28.3. The zero-order chi connectivity index (χ0) is 14.3. The normalized spacial score (nSPS) is 12.3.